The van der Waals surface area contributed by atoms with Crippen molar-refractivity contribution < 1.29 is 0 Å². The zero-order chi connectivity index (χ0) is 20.3. The van der Waals surface area contributed by atoms with Gasteiger partial charge in [-0.2, -0.15) is 0 Å². The van der Waals surface area contributed by atoms with Gasteiger partial charge in [-0.05, 0) is 49.9 Å². The molecule has 0 aliphatic carbocycles. The summed E-state index contributed by atoms with van der Waals surface area (Å²) >= 11 is 0. The van der Waals surface area contributed by atoms with Gasteiger partial charge < -0.3 is 0 Å². The van der Waals surface area contributed by atoms with Gasteiger partial charge in [0.05, 0.1) is 17.1 Å². The summed E-state index contributed by atoms with van der Waals surface area (Å²) in [6, 6.07) is 18.5. The van der Waals surface area contributed by atoms with Gasteiger partial charge in [-0.3, -0.25) is 24.8 Å². The van der Waals surface area contributed by atoms with Gasteiger partial charge in [-0.25, -0.2) is 0 Å². The minimum Gasteiger partial charge on any atom is -0.296 e. The Balaban J connectivity index is 1.73. The van der Waals surface area contributed by atoms with E-state index in [1.165, 1.54) is 0 Å². The first-order chi connectivity index (χ1) is 14.2. The zero-order valence-electron chi connectivity index (χ0n) is 17.1. The van der Waals surface area contributed by atoms with Gasteiger partial charge in [0.15, 0.2) is 0 Å². The molecule has 5 nitrogen and oxygen atoms in total. The first-order valence-electron chi connectivity index (χ1n) is 9.98. The standard InChI is InChI=1S/C24H29N5/c1-3-10-24(28(2)17-21-11-4-7-14-25-21)20-29(18-22-12-5-8-15-26-22)19-23-13-6-9-16-27-23/h3-9,11-16,24H,1,10,17-20H2,2H3. The molecule has 0 bridgehead atoms. The van der Waals surface area contributed by atoms with Gasteiger partial charge >= 0.3 is 0 Å². The van der Waals surface area contributed by atoms with Gasteiger partial charge in [-0.1, -0.05) is 24.3 Å². The molecule has 0 fully saturated rings. The zero-order valence-corrected chi connectivity index (χ0v) is 17.1. The second-order valence-electron chi connectivity index (χ2n) is 7.23. The molecule has 0 spiro atoms. The molecule has 3 aromatic heterocycles. The van der Waals surface area contributed by atoms with Gasteiger partial charge in [0.2, 0.25) is 0 Å². The van der Waals surface area contributed by atoms with E-state index in [9.17, 15) is 0 Å². The molecule has 3 aromatic rings. The van der Waals surface area contributed by atoms with E-state index in [1.54, 1.807) is 0 Å². The van der Waals surface area contributed by atoms with Crippen LogP contribution in [0.5, 0.6) is 0 Å². The lowest BCUT2D eigenvalue weighted by Crippen LogP contribution is -2.41. The summed E-state index contributed by atoms with van der Waals surface area (Å²) < 4.78 is 0. The van der Waals surface area contributed by atoms with Crippen molar-refractivity contribution in [3.05, 3.63) is 103 Å². The molecule has 150 valence electrons. The molecule has 0 amide bonds. The van der Waals surface area contributed by atoms with E-state index in [4.69, 9.17) is 0 Å². The third-order valence-electron chi connectivity index (χ3n) is 4.89. The number of aromatic nitrogens is 3. The lowest BCUT2D eigenvalue weighted by Gasteiger charge is -2.32. The van der Waals surface area contributed by atoms with Crippen LogP contribution in [0.4, 0.5) is 0 Å². The molecule has 29 heavy (non-hydrogen) atoms. The fourth-order valence-corrected chi connectivity index (χ4v) is 3.39. The Hall–Kier alpha value is -2.89. The normalized spacial score (nSPS) is 12.2. The topological polar surface area (TPSA) is 45.2 Å². The average molecular weight is 388 g/mol. The van der Waals surface area contributed by atoms with E-state index in [2.05, 4.69) is 56.6 Å². The quantitative estimate of drug-likeness (QED) is 0.466. The molecule has 0 saturated carbocycles. The predicted octanol–water partition coefficient (Wildman–Crippen LogP) is 3.95. The Kier molecular flexibility index (Phi) is 8.04. The van der Waals surface area contributed by atoms with Gasteiger partial charge in [0, 0.05) is 50.8 Å². The third kappa shape index (κ3) is 6.89. The molecule has 0 aliphatic heterocycles. The van der Waals surface area contributed by atoms with Crippen molar-refractivity contribution in [1.82, 2.24) is 24.8 Å². The van der Waals surface area contributed by atoms with Crippen molar-refractivity contribution in [2.75, 3.05) is 13.6 Å². The van der Waals surface area contributed by atoms with E-state index in [1.807, 2.05) is 61.1 Å². The van der Waals surface area contributed by atoms with Crippen LogP contribution in [0, 0.1) is 0 Å². The highest BCUT2D eigenvalue weighted by Crippen LogP contribution is 2.14. The van der Waals surface area contributed by atoms with Crippen molar-refractivity contribution in [3.63, 3.8) is 0 Å². The largest absolute Gasteiger partial charge is 0.296 e. The molecular weight excluding hydrogens is 358 g/mol. The van der Waals surface area contributed by atoms with Crippen LogP contribution in [0.25, 0.3) is 0 Å². The lowest BCUT2D eigenvalue weighted by atomic mass is 10.1. The summed E-state index contributed by atoms with van der Waals surface area (Å²) in [7, 11) is 2.16. The van der Waals surface area contributed by atoms with Crippen LogP contribution < -0.4 is 0 Å². The molecule has 3 rings (SSSR count). The second-order valence-corrected chi connectivity index (χ2v) is 7.23. The van der Waals surface area contributed by atoms with E-state index in [0.717, 1.165) is 49.7 Å². The predicted molar refractivity (Wildman–Crippen MR) is 117 cm³/mol. The van der Waals surface area contributed by atoms with Crippen molar-refractivity contribution in [3.8, 4) is 0 Å². The van der Waals surface area contributed by atoms with Crippen LogP contribution in [0.3, 0.4) is 0 Å². The van der Waals surface area contributed by atoms with Crippen molar-refractivity contribution in [1.29, 1.82) is 0 Å². The van der Waals surface area contributed by atoms with E-state index < -0.39 is 0 Å². The average Bonchev–Trinajstić information content (AvgIpc) is 2.75. The highest BCUT2D eigenvalue weighted by Gasteiger charge is 2.19. The Morgan fingerprint density at radius 2 is 1.28 bits per heavy atom. The number of nitrogens with zero attached hydrogens (tertiary/aromatic N) is 5. The molecule has 3 heterocycles. The van der Waals surface area contributed by atoms with E-state index in [0.29, 0.717) is 6.04 Å². The number of rotatable bonds is 11. The minimum absolute atomic E-state index is 0.321. The Morgan fingerprint density at radius 3 is 1.69 bits per heavy atom. The maximum Gasteiger partial charge on any atom is 0.0544 e. The summed E-state index contributed by atoms with van der Waals surface area (Å²) in [5.41, 5.74) is 3.20. The Morgan fingerprint density at radius 1 is 0.793 bits per heavy atom. The smallest absolute Gasteiger partial charge is 0.0544 e. The molecule has 0 aromatic carbocycles. The van der Waals surface area contributed by atoms with E-state index >= 15 is 0 Å². The summed E-state index contributed by atoms with van der Waals surface area (Å²) in [6.45, 7) is 7.24. The monoisotopic (exact) mass is 387 g/mol. The summed E-state index contributed by atoms with van der Waals surface area (Å²) in [4.78, 5) is 18.3. The Bertz CT molecular complexity index is 797. The first-order valence-corrected chi connectivity index (χ1v) is 9.98. The molecule has 5 heteroatoms. The van der Waals surface area contributed by atoms with Crippen molar-refractivity contribution >= 4 is 0 Å². The number of pyridine rings is 3. The lowest BCUT2D eigenvalue weighted by molar-refractivity contribution is 0.144. The first kappa shape index (κ1) is 20.8. The fourth-order valence-electron chi connectivity index (χ4n) is 3.39. The minimum atomic E-state index is 0.321. The molecular formula is C24H29N5. The summed E-state index contributed by atoms with van der Waals surface area (Å²) in [5, 5.41) is 0. The van der Waals surface area contributed by atoms with Gasteiger partial charge in [0.1, 0.15) is 0 Å². The number of likely N-dealkylation sites (N-methyl/N-ethyl adjacent to an activating group) is 1. The molecule has 0 saturated heterocycles. The molecule has 0 aliphatic rings. The van der Waals surface area contributed by atoms with Crippen molar-refractivity contribution in [2.24, 2.45) is 0 Å². The third-order valence-corrected chi connectivity index (χ3v) is 4.89. The number of hydrogen-bond donors (Lipinski definition) is 0. The molecule has 1 atom stereocenters. The maximum atomic E-state index is 4.52. The van der Waals surface area contributed by atoms with Crippen LogP contribution in [0.2, 0.25) is 0 Å². The maximum absolute atomic E-state index is 4.52. The Labute approximate surface area is 173 Å². The van der Waals surface area contributed by atoms with E-state index in [-0.39, 0.29) is 0 Å². The van der Waals surface area contributed by atoms with Crippen LogP contribution in [-0.4, -0.2) is 44.4 Å². The summed E-state index contributed by atoms with van der Waals surface area (Å²) in [5.74, 6) is 0. The van der Waals surface area contributed by atoms with Gasteiger partial charge in [-0.15, -0.1) is 6.58 Å². The second kappa shape index (κ2) is 11.2. The van der Waals surface area contributed by atoms with Crippen LogP contribution >= 0.6 is 0 Å². The van der Waals surface area contributed by atoms with Crippen LogP contribution in [-0.2, 0) is 19.6 Å². The highest BCUT2D eigenvalue weighted by molar-refractivity contribution is 5.07. The highest BCUT2D eigenvalue weighted by atomic mass is 15.2. The number of hydrogen-bond acceptors (Lipinski definition) is 5. The molecule has 0 N–H and O–H groups in total. The summed E-state index contributed by atoms with van der Waals surface area (Å²) in [6.07, 6.45) is 8.45. The fraction of sp³-hybridized carbons (Fsp3) is 0.292. The van der Waals surface area contributed by atoms with Crippen molar-refractivity contribution in [2.45, 2.75) is 32.1 Å². The van der Waals surface area contributed by atoms with Crippen LogP contribution in [0.1, 0.15) is 23.5 Å². The SMILES string of the molecule is C=CCC(CN(Cc1ccccn1)Cc1ccccn1)N(C)Cc1ccccn1. The van der Waals surface area contributed by atoms with Gasteiger partial charge in [0.25, 0.3) is 0 Å². The molecule has 1 unspecified atom stereocenters. The molecule has 0 radical (unpaired) electrons. The van der Waals surface area contributed by atoms with Crippen LogP contribution in [0.15, 0.2) is 85.8 Å².